The Labute approximate surface area is 193 Å². The largest absolute Gasteiger partial charge is 0.477 e. The van der Waals surface area contributed by atoms with Crippen molar-refractivity contribution >= 4 is 0 Å². The van der Waals surface area contributed by atoms with Gasteiger partial charge in [-0.2, -0.15) is 0 Å². The third kappa shape index (κ3) is 3.62. The minimum atomic E-state index is -0.121. The van der Waals surface area contributed by atoms with Crippen LogP contribution in [0.3, 0.4) is 0 Å². The maximum absolute atomic E-state index is 10.2. The molecule has 4 heteroatoms. The number of aromatic nitrogens is 1. The van der Waals surface area contributed by atoms with Gasteiger partial charge in [0.1, 0.15) is 0 Å². The first-order chi connectivity index (χ1) is 15.3. The number of aliphatic hydroxyl groups excluding tert-OH is 2. The molecule has 3 saturated carbocycles. The third-order valence-corrected chi connectivity index (χ3v) is 10.3. The molecule has 0 bridgehead atoms. The Hall–Kier alpha value is -1.39. The maximum Gasteiger partial charge on any atom is 0.213 e. The lowest BCUT2D eigenvalue weighted by atomic mass is 9.47. The number of nitrogens with zero attached hydrogens (tertiary/aromatic N) is 1. The van der Waals surface area contributed by atoms with Crippen molar-refractivity contribution in [2.24, 2.45) is 40.4 Å². The van der Waals surface area contributed by atoms with Gasteiger partial charge in [0, 0.05) is 12.3 Å². The van der Waals surface area contributed by atoms with Crippen molar-refractivity contribution in [1.29, 1.82) is 0 Å². The van der Waals surface area contributed by atoms with Gasteiger partial charge in [0.2, 0.25) is 5.88 Å². The summed E-state index contributed by atoms with van der Waals surface area (Å²) in [5, 5.41) is 19.6. The van der Waals surface area contributed by atoms with Crippen LogP contribution in [0.25, 0.3) is 0 Å². The fourth-order valence-electron chi connectivity index (χ4n) is 8.58. The van der Waals surface area contributed by atoms with Gasteiger partial charge in [-0.15, -0.1) is 0 Å². The molecule has 2 N–H and O–H groups in total. The monoisotopic (exact) mass is 439 g/mol. The highest BCUT2D eigenvalue weighted by molar-refractivity contribution is 5.25. The van der Waals surface area contributed by atoms with E-state index in [1.54, 1.807) is 11.8 Å². The van der Waals surface area contributed by atoms with E-state index in [9.17, 15) is 10.2 Å². The normalized spacial score (nSPS) is 41.8. The van der Waals surface area contributed by atoms with Gasteiger partial charge in [-0.3, -0.25) is 0 Å². The number of allylic oxidation sites excluding steroid dienone is 1. The summed E-state index contributed by atoms with van der Waals surface area (Å²) in [4.78, 5) is 4.33. The Balaban J connectivity index is 1.29. The number of fused-ring (bicyclic) bond motifs is 5. The molecule has 4 aliphatic carbocycles. The van der Waals surface area contributed by atoms with E-state index in [0.717, 1.165) is 42.6 Å². The minimum Gasteiger partial charge on any atom is -0.477 e. The van der Waals surface area contributed by atoms with E-state index < -0.39 is 0 Å². The average molecular weight is 440 g/mol. The Morgan fingerprint density at radius 2 is 2.00 bits per heavy atom. The summed E-state index contributed by atoms with van der Waals surface area (Å²) in [7, 11) is 0. The van der Waals surface area contributed by atoms with Crippen LogP contribution in [0.15, 0.2) is 30.0 Å². The van der Waals surface area contributed by atoms with E-state index in [2.05, 4.69) is 31.8 Å². The first-order valence-electron chi connectivity index (χ1n) is 12.9. The van der Waals surface area contributed by atoms with Crippen LogP contribution in [0.1, 0.15) is 77.7 Å². The molecule has 8 atom stereocenters. The van der Waals surface area contributed by atoms with E-state index in [-0.39, 0.29) is 12.7 Å². The topological polar surface area (TPSA) is 62.6 Å². The van der Waals surface area contributed by atoms with Gasteiger partial charge >= 0.3 is 0 Å². The summed E-state index contributed by atoms with van der Waals surface area (Å²) in [6, 6.07) is 3.68. The molecule has 3 fully saturated rings. The predicted octanol–water partition coefficient (Wildman–Crippen LogP) is 5.53. The molecular weight excluding hydrogens is 398 g/mol. The summed E-state index contributed by atoms with van der Waals surface area (Å²) < 4.78 is 6.10. The lowest BCUT2D eigenvalue weighted by Gasteiger charge is -2.58. The number of pyridine rings is 1. The highest BCUT2D eigenvalue weighted by Crippen LogP contribution is 2.67. The minimum absolute atomic E-state index is 0.0212. The molecule has 0 aliphatic heterocycles. The molecule has 1 aromatic rings. The number of hydrogen-bond acceptors (Lipinski definition) is 4. The SMILES string of the molecule is C[C@H](COc1cc(CO)ccn1)[C@H]1CC[C@H]2[C@@H]3CC=C4C[C@@H](O)CC[C@]4(C)[C@H]3CC[C@]12C. The molecule has 0 unspecified atom stereocenters. The molecular formula is C28H41NO3. The lowest BCUT2D eigenvalue weighted by molar-refractivity contribution is -0.0592. The summed E-state index contributed by atoms with van der Waals surface area (Å²) in [5.74, 6) is 4.23. The van der Waals surface area contributed by atoms with Crippen molar-refractivity contribution in [2.45, 2.75) is 84.8 Å². The Morgan fingerprint density at radius 3 is 2.81 bits per heavy atom. The summed E-state index contributed by atoms with van der Waals surface area (Å²) in [6.45, 7) is 8.18. The van der Waals surface area contributed by atoms with Gasteiger partial charge in [0.05, 0.1) is 19.3 Å². The van der Waals surface area contributed by atoms with Crippen LogP contribution < -0.4 is 4.74 Å². The number of aliphatic hydroxyl groups is 2. The molecule has 0 spiro atoms. The molecule has 0 aromatic carbocycles. The second-order valence-corrected chi connectivity index (χ2v) is 11.8. The fraction of sp³-hybridized carbons (Fsp3) is 0.750. The first-order valence-corrected chi connectivity index (χ1v) is 12.9. The van der Waals surface area contributed by atoms with Crippen molar-refractivity contribution in [3.8, 4) is 5.88 Å². The summed E-state index contributed by atoms with van der Waals surface area (Å²) in [6.07, 6.45) is 13.7. The van der Waals surface area contributed by atoms with E-state index in [1.807, 2.05) is 12.1 Å². The van der Waals surface area contributed by atoms with E-state index >= 15 is 0 Å². The standard InChI is InChI=1S/C28H41NO3/c1-18(17-32-26-14-19(16-30)10-13-29-26)23-6-7-24-22-5-4-20-15-21(31)8-11-27(20,2)25(22)9-12-28(23,24)3/h4,10,13-14,18,21-25,30-31H,5-9,11-12,15-17H2,1-3H3/t18-,21+,22+,23-,24+,25+,27+,28-/m1/s1. The fourth-order valence-corrected chi connectivity index (χ4v) is 8.58. The van der Waals surface area contributed by atoms with Crippen LogP contribution in [0, 0.1) is 40.4 Å². The van der Waals surface area contributed by atoms with Crippen LogP contribution in [0.4, 0.5) is 0 Å². The van der Waals surface area contributed by atoms with Crippen LogP contribution in [-0.4, -0.2) is 27.9 Å². The second-order valence-electron chi connectivity index (χ2n) is 11.8. The third-order valence-electron chi connectivity index (χ3n) is 10.3. The van der Waals surface area contributed by atoms with E-state index in [4.69, 9.17) is 4.74 Å². The van der Waals surface area contributed by atoms with Crippen molar-refractivity contribution in [3.63, 3.8) is 0 Å². The molecule has 1 heterocycles. The molecule has 32 heavy (non-hydrogen) atoms. The molecule has 4 aliphatic rings. The van der Waals surface area contributed by atoms with Crippen molar-refractivity contribution in [2.75, 3.05) is 6.61 Å². The number of ether oxygens (including phenoxy) is 1. The first kappa shape index (κ1) is 22.4. The lowest BCUT2D eigenvalue weighted by Crippen LogP contribution is -2.51. The van der Waals surface area contributed by atoms with E-state index in [1.165, 1.54) is 32.1 Å². The Bertz CT molecular complexity index is 868. The number of hydrogen-bond donors (Lipinski definition) is 2. The molecule has 0 radical (unpaired) electrons. The van der Waals surface area contributed by atoms with Crippen molar-refractivity contribution in [1.82, 2.24) is 4.98 Å². The zero-order valence-electron chi connectivity index (χ0n) is 20.1. The quantitative estimate of drug-likeness (QED) is 0.592. The summed E-state index contributed by atoms with van der Waals surface area (Å²) in [5.41, 5.74) is 3.14. The number of rotatable bonds is 5. The maximum atomic E-state index is 10.2. The van der Waals surface area contributed by atoms with Gasteiger partial charge in [0.15, 0.2) is 0 Å². The molecule has 0 saturated heterocycles. The van der Waals surface area contributed by atoms with Gasteiger partial charge in [-0.25, -0.2) is 4.98 Å². The highest BCUT2D eigenvalue weighted by atomic mass is 16.5. The average Bonchev–Trinajstić information content (AvgIpc) is 3.15. The predicted molar refractivity (Wildman–Crippen MR) is 126 cm³/mol. The Morgan fingerprint density at radius 1 is 1.16 bits per heavy atom. The van der Waals surface area contributed by atoms with Crippen LogP contribution >= 0.6 is 0 Å². The van der Waals surface area contributed by atoms with Crippen molar-refractivity contribution < 1.29 is 14.9 Å². The van der Waals surface area contributed by atoms with Crippen LogP contribution in [0.2, 0.25) is 0 Å². The molecule has 0 amide bonds. The molecule has 1 aromatic heterocycles. The second kappa shape index (κ2) is 8.43. The van der Waals surface area contributed by atoms with Crippen LogP contribution in [0.5, 0.6) is 5.88 Å². The van der Waals surface area contributed by atoms with Gasteiger partial charge in [-0.1, -0.05) is 32.4 Å². The van der Waals surface area contributed by atoms with Gasteiger partial charge in [-0.05, 0) is 103 Å². The Kier molecular flexibility index (Phi) is 5.90. The zero-order valence-corrected chi connectivity index (χ0v) is 20.1. The smallest absolute Gasteiger partial charge is 0.213 e. The molecule has 4 nitrogen and oxygen atoms in total. The molecule has 5 rings (SSSR count). The van der Waals surface area contributed by atoms with Gasteiger partial charge in [0.25, 0.3) is 0 Å². The van der Waals surface area contributed by atoms with Gasteiger partial charge < -0.3 is 14.9 Å². The van der Waals surface area contributed by atoms with Crippen molar-refractivity contribution in [3.05, 3.63) is 35.5 Å². The van der Waals surface area contributed by atoms with Crippen LogP contribution in [-0.2, 0) is 6.61 Å². The zero-order chi connectivity index (χ0) is 22.5. The molecule has 176 valence electrons. The summed E-state index contributed by atoms with van der Waals surface area (Å²) >= 11 is 0. The highest BCUT2D eigenvalue weighted by Gasteiger charge is 2.59. The van der Waals surface area contributed by atoms with E-state index in [0.29, 0.717) is 35.2 Å².